The molecule has 0 bridgehead atoms. The molecule has 1 aliphatic rings. The fourth-order valence-electron chi connectivity index (χ4n) is 3.04. The van der Waals surface area contributed by atoms with Crippen molar-refractivity contribution in [1.82, 2.24) is 4.90 Å². The van der Waals surface area contributed by atoms with Gasteiger partial charge < -0.3 is 14.7 Å². The van der Waals surface area contributed by atoms with Crippen LogP contribution in [0.25, 0.3) is 0 Å². The number of rotatable bonds is 4. The number of aliphatic hydroxyl groups is 1. The van der Waals surface area contributed by atoms with Crippen LogP contribution in [0.3, 0.4) is 0 Å². The van der Waals surface area contributed by atoms with Crippen molar-refractivity contribution in [2.45, 2.75) is 24.9 Å². The molecule has 1 unspecified atom stereocenters. The van der Waals surface area contributed by atoms with Crippen LogP contribution < -0.4 is 4.74 Å². The van der Waals surface area contributed by atoms with Crippen molar-refractivity contribution >= 4 is 5.91 Å². The standard InChI is InChI=1S/C20H22FNO3/c21-17-9-7-16(8-10-17)19(23)22-13-4-11-20(24,12-14-22)15-25-18-5-2-1-3-6-18/h1-3,5-10,24H,4,11-15H2. The summed E-state index contributed by atoms with van der Waals surface area (Å²) in [6, 6.07) is 14.9. The number of ether oxygens (including phenoxy) is 1. The van der Waals surface area contributed by atoms with Crippen LogP contribution in [0, 0.1) is 5.82 Å². The first kappa shape index (κ1) is 17.4. The van der Waals surface area contributed by atoms with Gasteiger partial charge in [0.1, 0.15) is 23.8 Å². The molecular weight excluding hydrogens is 321 g/mol. The summed E-state index contributed by atoms with van der Waals surface area (Å²) in [5, 5.41) is 10.8. The van der Waals surface area contributed by atoms with E-state index in [-0.39, 0.29) is 18.3 Å². The van der Waals surface area contributed by atoms with E-state index in [1.54, 1.807) is 4.90 Å². The van der Waals surface area contributed by atoms with Gasteiger partial charge in [-0.05, 0) is 55.7 Å². The summed E-state index contributed by atoms with van der Waals surface area (Å²) in [7, 11) is 0. The highest BCUT2D eigenvalue weighted by Gasteiger charge is 2.32. The third-order valence-electron chi connectivity index (χ3n) is 4.55. The lowest BCUT2D eigenvalue weighted by Gasteiger charge is -2.27. The average Bonchev–Trinajstić information content (AvgIpc) is 2.83. The summed E-state index contributed by atoms with van der Waals surface area (Å²) in [5.41, 5.74) is -0.486. The quantitative estimate of drug-likeness (QED) is 0.927. The lowest BCUT2D eigenvalue weighted by atomic mass is 9.96. The number of para-hydroxylation sites is 1. The molecule has 1 saturated heterocycles. The van der Waals surface area contributed by atoms with Gasteiger partial charge >= 0.3 is 0 Å². The molecule has 1 atom stereocenters. The number of hydrogen-bond donors (Lipinski definition) is 1. The Bertz CT molecular complexity index is 705. The van der Waals surface area contributed by atoms with E-state index in [4.69, 9.17) is 4.74 Å². The Morgan fingerprint density at radius 1 is 1.08 bits per heavy atom. The van der Waals surface area contributed by atoms with Gasteiger partial charge in [-0.2, -0.15) is 0 Å². The summed E-state index contributed by atoms with van der Waals surface area (Å²) in [6.45, 7) is 1.23. The van der Waals surface area contributed by atoms with Gasteiger partial charge in [-0.1, -0.05) is 18.2 Å². The Morgan fingerprint density at radius 2 is 1.80 bits per heavy atom. The summed E-state index contributed by atoms with van der Waals surface area (Å²) in [4.78, 5) is 14.3. The van der Waals surface area contributed by atoms with Crippen molar-refractivity contribution in [1.29, 1.82) is 0 Å². The lowest BCUT2D eigenvalue weighted by molar-refractivity contribution is -0.0163. The largest absolute Gasteiger partial charge is 0.491 e. The smallest absolute Gasteiger partial charge is 0.253 e. The second-order valence-electron chi connectivity index (χ2n) is 6.48. The zero-order valence-electron chi connectivity index (χ0n) is 14.0. The summed E-state index contributed by atoms with van der Waals surface area (Å²) in [6.07, 6.45) is 1.72. The second-order valence-corrected chi connectivity index (χ2v) is 6.48. The molecule has 0 radical (unpaired) electrons. The number of hydrogen-bond acceptors (Lipinski definition) is 3. The van der Waals surface area contributed by atoms with E-state index in [1.807, 2.05) is 30.3 Å². The number of likely N-dealkylation sites (tertiary alicyclic amines) is 1. The lowest BCUT2D eigenvalue weighted by Crippen LogP contribution is -2.38. The van der Waals surface area contributed by atoms with Crippen LogP contribution in [0.4, 0.5) is 4.39 Å². The van der Waals surface area contributed by atoms with Gasteiger partial charge in [0, 0.05) is 18.7 Å². The molecule has 1 N–H and O–H groups in total. The number of halogens is 1. The maximum atomic E-state index is 13.0. The average molecular weight is 343 g/mol. The molecule has 2 aromatic rings. The Hall–Kier alpha value is -2.40. The molecule has 0 spiro atoms. The molecule has 1 amide bonds. The molecule has 5 heteroatoms. The maximum absolute atomic E-state index is 13.0. The molecular formula is C20H22FNO3. The zero-order chi connectivity index (χ0) is 17.7. The van der Waals surface area contributed by atoms with Gasteiger partial charge in [-0.15, -0.1) is 0 Å². The van der Waals surface area contributed by atoms with Crippen molar-refractivity contribution < 1.29 is 19.0 Å². The van der Waals surface area contributed by atoms with Crippen LogP contribution >= 0.6 is 0 Å². The van der Waals surface area contributed by atoms with E-state index in [9.17, 15) is 14.3 Å². The van der Waals surface area contributed by atoms with E-state index < -0.39 is 5.60 Å². The molecule has 0 aliphatic carbocycles. The minimum Gasteiger partial charge on any atom is -0.491 e. The third kappa shape index (κ3) is 4.57. The van der Waals surface area contributed by atoms with Crippen molar-refractivity contribution in [2.75, 3.05) is 19.7 Å². The van der Waals surface area contributed by atoms with Crippen molar-refractivity contribution in [3.8, 4) is 5.75 Å². The molecule has 4 nitrogen and oxygen atoms in total. The highest BCUT2D eigenvalue weighted by Crippen LogP contribution is 2.25. The first-order valence-electron chi connectivity index (χ1n) is 8.51. The predicted octanol–water partition coefficient (Wildman–Crippen LogP) is 3.26. The molecule has 0 aromatic heterocycles. The molecule has 0 saturated carbocycles. The zero-order valence-corrected chi connectivity index (χ0v) is 14.0. The van der Waals surface area contributed by atoms with Crippen LogP contribution in [0.2, 0.25) is 0 Å². The van der Waals surface area contributed by atoms with E-state index in [0.717, 1.165) is 5.75 Å². The Balaban J connectivity index is 1.59. The Morgan fingerprint density at radius 3 is 2.52 bits per heavy atom. The minimum absolute atomic E-state index is 0.131. The van der Waals surface area contributed by atoms with Crippen LogP contribution in [0.1, 0.15) is 29.6 Å². The van der Waals surface area contributed by atoms with Gasteiger partial charge in [0.15, 0.2) is 0 Å². The predicted molar refractivity (Wildman–Crippen MR) is 93.0 cm³/mol. The fourth-order valence-corrected chi connectivity index (χ4v) is 3.04. The topological polar surface area (TPSA) is 49.8 Å². The van der Waals surface area contributed by atoms with Crippen molar-refractivity contribution in [2.24, 2.45) is 0 Å². The monoisotopic (exact) mass is 343 g/mol. The highest BCUT2D eigenvalue weighted by atomic mass is 19.1. The van der Waals surface area contributed by atoms with E-state index >= 15 is 0 Å². The first-order chi connectivity index (χ1) is 12.1. The van der Waals surface area contributed by atoms with Crippen LogP contribution in [0.15, 0.2) is 54.6 Å². The van der Waals surface area contributed by atoms with Crippen molar-refractivity contribution in [3.05, 3.63) is 66.0 Å². The molecule has 1 aliphatic heterocycles. The van der Waals surface area contributed by atoms with Gasteiger partial charge in [-0.3, -0.25) is 4.79 Å². The number of nitrogens with zero attached hydrogens (tertiary/aromatic N) is 1. The van der Waals surface area contributed by atoms with E-state index in [2.05, 4.69) is 0 Å². The van der Waals surface area contributed by atoms with E-state index in [1.165, 1.54) is 24.3 Å². The molecule has 132 valence electrons. The number of amides is 1. The number of carbonyl (C=O) groups excluding carboxylic acids is 1. The molecule has 1 fully saturated rings. The molecule has 2 aromatic carbocycles. The summed E-state index contributed by atoms with van der Waals surface area (Å²) in [5.74, 6) is 0.229. The van der Waals surface area contributed by atoms with Crippen LogP contribution in [-0.2, 0) is 0 Å². The summed E-state index contributed by atoms with van der Waals surface area (Å²) >= 11 is 0. The first-order valence-corrected chi connectivity index (χ1v) is 8.51. The van der Waals surface area contributed by atoms with E-state index in [0.29, 0.717) is 37.9 Å². The van der Waals surface area contributed by atoms with Gasteiger partial charge in [0.2, 0.25) is 0 Å². The van der Waals surface area contributed by atoms with Gasteiger partial charge in [0.05, 0.1) is 0 Å². The SMILES string of the molecule is O=C(c1ccc(F)cc1)N1CCCC(O)(COc2ccccc2)CC1. The normalized spacial score (nSPS) is 20.8. The molecule has 3 rings (SSSR count). The van der Waals surface area contributed by atoms with Gasteiger partial charge in [-0.25, -0.2) is 4.39 Å². The Kier molecular flexibility index (Phi) is 5.34. The summed E-state index contributed by atoms with van der Waals surface area (Å²) < 4.78 is 18.7. The number of carbonyl (C=O) groups is 1. The highest BCUT2D eigenvalue weighted by molar-refractivity contribution is 5.94. The van der Waals surface area contributed by atoms with Crippen molar-refractivity contribution in [3.63, 3.8) is 0 Å². The molecule has 1 heterocycles. The second kappa shape index (κ2) is 7.66. The molecule has 25 heavy (non-hydrogen) atoms. The Labute approximate surface area is 146 Å². The number of benzene rings is 2. The van der Waals surface area contributed by atoms with Crippen LogP contribution in [-0.4, -0.2) is 41.2 Å². The van der Waals surface area contributed by atoms with Crippen LogP contribution in [0.5, 0.6) is 5.75 Å². The third-order valence-corrected chi connectivity index (χ3v) is 4.55. The van der Waals surface area contributed by atoms with Gasteiger partial charge in [0.25, 0.3) is 5.91 Å². The maximum Gasteiger partial charge on any atom is 0.253 e. The fraction of sp³-hybridized carbons (Fsp3) is 0.350. The minimum atomic E-state index is -0.951.